The highest BCUT2D eigenvalue weighted by atomic mass is 32.2. The van der Waals surface area contributed by atoms with Crippen LogP contribution >= 0.6 is 0 Å². The summed E-state index contributed by atoms with van der Waals surface area (Å²) in [6.45, 7) is 0.875. The first kappa shape index (κ1) is 21.0. The molecule has 0 saturated carbocycles. The van der Waals surface area contributed by atoms with Gasteiger partial charge in [-0.3, -0.25) is 9.59 Å². The first-order valence-electron chi connectivity index (χ1n) is 9.85. The Labute approximate surface area is 180 Å². The Bertz CT molecular complexity index is 1310. The molecule has 1 aromatic heterocycles. The maximum Gasteiger partial charge on any atom is 0.275 e. The monoisotopic (exact) mass is 438 g/mol. The molecule has 1 fully saturated rings. The molecule has 0 unspecified atom stereocenters. The third kappa shape index (κ3) is 4.28. The largest absolute Gasteiger partial charge is 0.335 e. The zero-order chi connectivity index (χ0) is 22.0. The lowest BCUT2D eigenvalue weighted by molar-refractivity contribution is 0.0692. The summed E-state index contributed by atoms with van der Waals surface area (Å²) in [6.07, 6.45) is 1.56. The van der Waals surface area contributed by atoms with Crippen molar-refractivity contribution in [2.24, 2.45) is 7.05 Å². The third-order valence-corrected chi connectivity index (χ3v) is 6.84. The van der Waals surface area contributed by atoms with Gasteiger partial charge in [-0.25, -0.2) is 13.1 Å². The average Bonchev–Trinajstić information content (AvgIpc) is 2.80. The maximum absolute atomic E-state index is 13.1. The molecule has 1 aliphatic heterocycles. The number of benzene rings is 2. The number of carbonyl (C=O) groups excluding carboxylic acids is 1. The van der Waals surface area contributed by atoms with E-state index in [2.05, 4.69) is 5.10 Å². The van der Waals surface area contributed by atoms with E-state index in [0.717, 1.165) is 10.2 Å². The van der Waals surface area contributed by atoms with Gasteiger partial charge in [0.1, 0.15) is 0 Å². The molecule has 1 amide bonds. The number of aryl methyl sites for hydroxylation is 1. The van der Waals surface area contributed by atoms with E-state index in [9.17, 15) is 18.0 Å². The molecule has 2 aromatic carbocycles. The van der Waals surface area contributed by atoms with E-state index in [1.54, 1.807) is 35.2 Å². The molecular formula is C22H22N4O4S. The van der Waals surface area contributed by atoms with Crippen molar-refractivity contribution in [3.63, 3.8) is 0 Å². The molecule has 0 N–H and O–H groups in total. The molecular weight excluding hydrogens is 416 g/mol. The molecule has 0 atom stereocenters. The molecule has 0 spiro atoms. The molecule has 160 valence electrons. The summed E-state index contributed by atoms with van der Waals surface area (Å²) in [5.41, 5.74) is 0.721. The quantitative estimate of drug-likeness (QED) is 0.618. The minimum Gasteiger partial charge on any atom is -0.335 e. The lowest BCUT2D eigenvalue weighted by Gasteiger charge is -2.33. The zero-order valence-electron chi connectivity index (χ0n) is 17.0. The van der Waals surface area contributed by atoms with Crippen LogP contribution in [-0.4, -0.2) is 59.5 Å². The topological polar surface area (TPSA) is 92.6 Å². The van der Waals surface area contributed by atoms with Crippen molar-refractivity contribution in [2.45, 2.75) is 0 Å². The number of fused-ring (bicyclic) bond motifs is 1. The highest BCUT2D eigenvalue weighted by molar-refractivity contribution is 7.92. The molecule has 3 aromatic rings. The SMILES string of the molecule is Cn1nc(C(=O)N2CCN(S(=O)(=O)/C=C/c3ccccc3)CC2)c2ccccc2c1=O. The average molecular weight is 439 g/mol. The van der Waals surface area contributed by atoms with E-state index in [4.69, 9.17) is 0 Å². The van der Waals surface area contributed by atoms with Crippen molar-refractivity contribution in [3.05, 3.63) is 81.6 Å². The number of hydrogen-bond donors (Lipinski definition) is 0. The summed E-state index contributed by atoms with van der Waals surface area (Å²) in [7, 11) is -2.08. The van der Waals surface area contributed by atoms with Gasteiger partial charge < -0.3 is 4.90 Å². The van der Waals surface area contributed by atoms with Gasteiger partial charge in [-0.1, -0.05) is 48.5 Å². The second-order valence-corrected chi connectivity index (χ2v) is 9.09. The van der Waals surface area contributed by atoms with Crippen molar-refractivity contribution >= 4 is 32.8 Å². The van der Waals surface area contributed by atoms with E-state index >= 15 is 0 Å². The minimum absolute atomic E-state index is 0.191. The molecule has 0 bridgehead atoms. The maximum atomic E-state index is 13.1. The number of carbonyl (C=O) groups is 1. The summed E-state index contributed by atoms with van der Waals surface area (Å²) >= 11 is 0. The van der Waals surface area contributed by atoms with Gasteiger partial charge in [-0.2, -0.15) is 9.40 Å². The highest BCUT2D eigenvalue weighted by Crippen LogP contribution is 2.17. The zero-order valence-corrected chi connectivity index (χ0v) is 17.8. The van der Waals surface area contributed by atoms with Crippen LogP contribution in [0.2, 0.25) is 0 Å². The Morgan fingerprint density at radius 3 is 2.23 bits per heavy atom. The van der Waals surface area contributed by atoms with Gasteiger partial charge in [0.2, 0.25) is 10.0 Å². The molecule has 2 heterocycles. The molecule has 4 rings (SSSR count). The third-order valence-electron chi connectivity index (χ3n) is 5.28. The minimum atomic E-state index is -3.59. The van der Waals surface area contributed by atoms with Crippen LogP contribution < -0.4 is 5.56 Å². The van der Waals surface area contributed by atoms with Gasteiger partial charge in [0, 0.05) is 44.0 Å². The molecule has 9 heteroatoms. The van der Waals surface area contributed by atoms with Crippen LogP contribution in [0.5, 0.6) is 0 Å². The number of amides is 1. The molecule has 31 heavy (non-hydrogen) atoms. The standard InChI is InChI=1S/C22H22N4O4S/c1-24-21(27)19-10-6-5-9-18(19)20(23-24)22(28)25-12-14-26(15-13-25)31(29,30)16-11-17-7-3-2-4-8-17/h2-11,16H,12-15H2,1H3/b16-11+. The number of nitrogens with zero attached hydrogens (tertiary/aromatic N) is 4. The summed E-state index contributed by atoms with van der Waals surface area (Å²) < 4.78 is 27.8. The number of aromatic nitrogens is 2. The second kappa shape index (κ2) is 8.44. The van der Waals surface area contributed by atoms with Crippen molar-refractivity contribution in [1.82, 2.24) is 19.0 Å². The van der Waals surface area contributed by atoms with E-state index in [0.29, 0.717) is 10.8 Å². The fraction of sp³-hybridized carbons (Fsp3) is 0.227. The Kier molecular flexibility index (Phi) is 5.71. The smallest absolute Gasteiger partial charge is 0.275 e. The number of hydrogen-bond acceptors (Lipinski definition) is 5. The van der Waals surface area contributed by atoms with E-state index in [1.165, 1.54) is 16.8 Å². The Morgan fingerprint density at radius 1 is 0.935 bits per heavy atom. The summed E-state index contributed by atoms with van der Waals surface area (Å²) in [4.78, 5) is 27.0. The molecule has 0 aliphatic carbocycles. The van der Waals surface area contributed by atoms with Gasteiger partial charge in [-0.05, 0) is 17.7 Å². The first-order valence-corrected chi connectivity index (χ1v) is 11.4. The van der Waals surface area contributed by atoms with Crippen LogP contribution in [0.15, 0.2) is 64.8 Å². The Balaban J connectivity index is 1.50. The fourth-order valence-corrected chi connectivity index (χ4v) is 4.74. The summed E-state index contributed by atoms with van der Waals surface area (Å²) in [6, 6.07) is 16.1. The van der Waals surface area contributed by atoms with Crippen LogP contribution in [0, 0.1) is 0 Å². The van der Waals surface area contributed by atoms with Crippen LogP contribution in [-0.2, 0) is 17.1 Å². The Hall–Kier alpha value is -3.30. The van der Waals surface area contributed by atoms with Crippen LogP contribution in [0.25, 0.3) is 16.8 Å². The molecule has 8 nitrogen and oxygen atoms in total. The van der Waals surface area contributed by atoms with Gasteiger partial charge >= 0.3 is 0 Å². The lowest BCUT2D eigenvalue weighted by Crippen LogP contribution is -2.50. The first-order chi connectivity index (χ1) is 14.9. The number of piperazine rings is 1. The number of sulfonamides is 1. The van der Waals surface area contributed by atoms with Crippen LogP contribution in [0.4, 0.5) is 0 Å². The molecule has 1 aliphatic rings. The molecule has 0 radical (unpaired) electrons. The van der Waals surface area contributed by atoms with Gasteiger partial charge in [0.25, 0.3) is 11.5 Å². The fourth-order valence-electron chi connectivity index (χ4n) is 3.57. The summed E-state index contributed by atoms with van der Waals surface area (Å²) in [5, 5.41) is 6.30. The van der Waals surface area contributed by atoms with Gasteiger partial charge in [0.15, 0.2) is 5.69 Å². The van der Waals surface area contributed by atoms with E-state index in [-0.39, 0.29) is 43.3 Å². The van der Waals surface area contributed by atoms with Crippen LogP contribution in [0.1, 0.15) is 16.1 Å². The van der Waals surface area contributed by atoms with Crippen LogP contribution in [0.3, 0.4) is 0 Å². The van der Waals surface area contributed by atoms with E-state index < -0.39 is 10.0 Å². The molecule has 1 saturated heterocycles. The number of rotatable bonds is 4. The van der Waals surface area contributed by atoms with E-state index in [1.807, 2.05) is 30.3 Å². The summed E-state index contributed by atoms with van der Waals surface area (Å²) in [5.74, 6) is -0.316. The van der Waals surface area contributed by atoms with Crippen molar-refractivity contribution in [1.29, 1.82) is 0 Å². The van der Waals surface area contributed by atoms with Gasteiger partial charge in [-0.15, -0.1) is 0 Å². The Morgan fingerprint density at radius 2 is 1.55 bits per heavy atom. The van der Waals surface area contributed by atoms with Gasteiger partial charge in [0.05, 0.1) is 5.39 Å². The predicted octanol–water partition coefficient (Wildman–Crippen LogP) is 1.69. The predicted molar refractivity (Wildman–Crippen MR) is 119 cm³/mol. The highest BCUT2D eigenvalue weighted by Gasteiger charge is 2.29. The lowest BCUT2D eigenvalue weighted by atomic mass is 10.1. The van der Waals surface area contributed by atoms with Crippen molar-refractivity contribution in [3.8, 4) is 0 Å². The van der Waals surface area contributed by atoms with Crippen molar-refractivity contribution < 1.29 is 13.2 Å². The van der Waals surface area contributed by atoms with Crippen molar-refractivity contribution in [2.75, 3.05) is 26.2 Å². The normalized spacial score (nSPS) is 15.6. The second-order valence-electron chi connectivity index (χ2n) is 7.27.